The topological polar surface area (TPSA) is 60.4 Å². The lowest BCUT2D eigenvalue weighted by Crippen LogP contribution is -2.17. The zero-order valence-corrected chi connectivity index (χ0v) is 17.8. The van der Waals surface area contributed by atoms with Gasteiger partial charge < -0.3 is 4.74 Å². The van der Waals surface area contributed by atoms with Gasteiger partial charge in [0, 0.05) is 12.8 Å². The second kappa shape index (κ2) is 15.2. The van der Waals surface area contributed by atoms with E-state index in [9.17, 15) is 14.4 Å². The molecule has 0 aromatic carbocycles. The van der Waals surface area contributed by atoms with Crippen molar-refractivity contribution < 1.29 is 19.1 Å². The van der Waals surface area contributed by atoms with Crippen molar-refractivity contribution >= 4 is 17.7 Å². The van der Waals surface area contributed by atoms with Crippen LogP contribution in [0, 0.1) is 11.8 Å². The van der Waals surface area contributed by atoms with Gasteiger partial charge in [-0.3, -0.25) is 14.4 Å². The van der Waals surface area contributed by atoms with Crippen LogP contribution in [0.1, 0.15) is 97.3 Å². The van der Waals surface area contributed by atoms with Gasteiger partial charge in [-0.15, -0.1) is 0 Å². The second-order valence-electron chi connectivity index (χ2n) is 7.78. The fraction of sp³-hybridized carbons (Fsp3) is 0.708. The molecule has 0 aromatic heterocycles. The van der Waals surface area contributed by atoms with Crippen LogP contribution < -0.4 is 0 Å². The summed E-state index contributed by atoms with van der Waals surface area (Å²) >= 11 is 0. The fourth-order valence-corrected chi connectivity index (χ4v) is 3.55. The molecular formula is C24H38O4. The predicted molar refractivity (Wildman–Crippen MR) is 113 cm³/mol. The van der Waals surface area contributed by atoms with Crippen LogP contribution in [0.25, 0.3) is 0 Å². The van der Waals surface area contributed by atoms with Crippen molar-refractivity contribution in [2.75, 3.05) is 0 Å². The Morgan fingerprint density at radius 3 is 2.46 bits per heavy atom. The summed E-state index contributed by atoms with van der Waals surface area (Å²) in [5.74, 6) is -0.605. The number of unbranched alkanes of at least 4 members (excludes halogenated alkanes) is 7. The van der Waals surface area contributed by atoms with E-state index in [0.29, 0.717) is 12.2 Å². The first-order valence-electron chi connectivity index (χ1n) is 11.2. The highest BCUT2D eigenvalue weighted by Crippen LogP contribution is 2.29. The van der Waals surface area contributed by atoms with Gasteiger partial charge in [-0.05, 0) is 31.6 Å². The van der Waals surface area contributed by atoms with E-state index in [2.05, 4.69) is 25.2 Å². The molecule has 1 aliphatic heterocycles. The van der Waals surface area contributed by atoms with Crippen LogP contribution in [-0.4, -0.2) is 17.7 Å². The average molecular weight is 391 g/mol. The zero-order chi connectivity index (χ0) is 20.6. The van der Waals surface area contributed by atoms with E-state index in [4.69, 9.17) is 4.74 Å². The monoisotopic (exact) mass is 390 g/mol. The van der Waals surface area contributed by atoms with E-state index in [-0.39, 0.29) is 24.2 Å². The summed E-state index contributed by atoms with van der Waals surface area (Å²) in [7, 11) is 0. The average Bonchev–Trinajstić information content (AvgIpc) is 3.02. The number of hydrogen-bond acceptors (Lipinski definition) is 4. The molecular weight excluding hydrogens is 352 g/mol. The molecule has 28 heavy (non-hydrogen) atoms. The van der Waals surface area contributed by atoms with Gasteiger partial charge in [0.25, 0.3) is 0 Å². The third-order valence-corrected chi connectivity index (χ3v) is 5.39. The van der Waals surface area contributed by atoms with E-state index < -0.39 is 5.97 Å². The number of hydrogen-bond donors (Lipinski definition) is 0. The van der Waals surface area contributed by atoms with Gasteiger partial charge in [0.05, 0.1) is 12.3 Å². The Hall–Kier alpha value is -1.71. The third kappa shape index (κ3) is 10.6. The number of carbonyl (C=O) groups excluding carboxylic acids is 3. The predicted octanol–water partition coefficient (Wildman–Crippen LogP) is 6.09. The summed E-state index contributed by atoms with van der Waals surface area (Å²) in [5, 5.41) is 0. The van der Waals surface area contributed by atoms with E-state index in [1.165, 1.54) is 12.8 Å². The van der Waals surface area contributed by atoms with Crippen molar-refractivity contribution in [2.45, 2.75) is 97.3 Å². The Labute approximate surface area is 170 Å². The first kappa shape index (κ1) is 24.3. The number of carbonyl (C=O) groups is 3. The van der Waals surface area contributed by atoms with Gasteiger partial charge in [0.2, 0.25) is 0 Å². The fourth-order valence-electron chi connectivity index (χ4n) is 3.55. The summed E-state index contributed by atoms with van der Waals surface area (Å²) in [6.45, 7) is 4.08. The molecule has 2 atom stereocenters. The highest BCUT2D eigenvalue weighted by molar-refractivity contribution is 5.94. The van der Waals surface area contributed by atoms with Gasteiger partial charge in [-0.1, -0.05) is 76.7 Å². The smallest absolute Gasteiger partial charge is 0.317 e. The van der Waals surface area contributed by atoms with Crippen molar-refractivity contribution in [3.63, 3.8) is 0 Å². The third-order valence-electron chi connectivity index (χ3n) is 5.39. The van der Waals surface area contributed by atoms with E-state index in [0.717, 1.165) is 57.8 Å². The Balaban J connectivity index is 2.25. The first-order valence-corrected chi connectivity index (χ1v) is 11.2. The highest BCUT2D eigenvalue weighted by Gasteiger charge is 2.37. The van der Waals surface area contributed by atoms with Gasteiger partial charge in [-0.2, -0.15) is 0 Å². The Morgan fingerprint density at radius 2 is 1.79 bits per heavy atom. The lowest BCUT2D eigenvalue weighted by atomic mass is 9.86. The molecule has 1 fully saturated rings. The Kier molecular flexibility index (Phi) is 13.2. The Morgan fingerprint density at radius 1 is 1.04 bits per heavy atom. The molecule has 1 saturated heterocycles. The van der Waals surface area contributed by atoms with Crippen LogP contribution >= 0.6 is 0 Å². The number of Topliss-reactive ketones (excluding diaryl/α,β-unsaturated/α-hetero) is 1. The molecule has 1 rings (SSSR count). The van der Waals surface area contributed by atoms with E-state index in [1.807, 2.05) is 13.0 Å². The van der Waals surface area contributed by atoms with Crippen LogP contribution in [0.4, 0.5) is 0 Å². The number of allylic oxidation sites excluding steroid dienone is 4. The minimum absolute atomic E-state index is 0.0842. The summed E-state index contributed by atoms with van der Waals surface area (Å²) in [6, 6.07) is 0. The van der Waals surface area contributed by atoms with Gasteiger partial charge >= 0.3 is 11.9 Å². The van der Waals surface area contributed by atoms with Gasteiger partial charge in [0.1, 0.15) is 5.78 Å². The SMILES string of the molecule is CCCCCC(/C=C/C=C\CCCCCCCC(=O)CC)C1CC(=O)OC1=O. The minimum atomic E-state index is -0.390. The minimum Gasteiger partial charge on any atom is -0.393 e. The number of rotatable bonds is 16. The molecule has 0 bridgehead atoms. The van der Waals surface area contributed by atoms with Crippen molar-refractivity contribution in [1.29, 1.82) is 0 Å². The van der Waals surface area contributed by atoms with Crippen LogP contribution in [0.3, 0.4) is 0 Å². The zero-order valence-electron chi connectivity index (χ0n) is 17.8. The maximum atomic E-state index is 11.9. The van der Waals surface area contributed by atoms with Crippen LogP contribution in [0.2, 0.25) is 0 Å². The molecule has 0 N–H and O–H groups in total. The summed E-state index contributed by atoms with van der Waals surface area (Å²) in [5.41, 5.74) is 0. The van der Waals surface area contributed by atoms with Crippen molar-refractivity contribution in [3.8, 4) is 0 Å². The number of ether oxygens (including phenoxy) is 1. The Bertz CT molecular complexity index is 533. The largest absolute Gasteiger partial charge is 0.393 e. The van der Waals surface area contributed by atoms with Gasteiger partial charge in [-0.25, -0.2) is 0 Å². The van der Waals surface area contributed by atoms with E-state index in [1.54, 1.807) is 0 Å². The highest BCUT2D eigenvalue weighted by atomic mass is 16.6. The molecule has 0 amide bonds. The molecule has 1 aliphatic rings. The lowest BCUT2D eigenvalue weighted by Gasteiger charge is -2.15. The molecule has 0 aliphatic carbocycles. The molecule has 4 nitrogen and oxygen atoms in total. The summed E-state index contributed by atoms with van der Waals surface area (Å²) in [4.78, 5) is 34.5. The van der Waals surface area contributed by atoms with Crippen molar-refractivity contribution in [3.05, 3.63) is 24.3 Å². The molecule has 0 spiro atoms. The number of ketones is 1. The summed E-state index contributed by atoms with van der Waals surface area (Å²) < 4.78 is 4.73. The normalized spacial score (nSPS) is 18.3. The first-order chi connectivity index (χ1) is 13.6. The van der Waals surface area contributed by atoms with Gasteiger partial charge in [0.15, 0.2) is 0 Å². The standard InChI is InChI=1S/C24H38O4/c1-3-5-13-16-20(22-19-23(26)28-24(22)27)17-14-11-9-7-6-8-10-12-15-18-21(25)4-2/h9,11,14,17,20,22H,3-8,10,12-13,15-16,18-19H2,1-2H3/b11-9-,17-14+. The van der Waals surface area contributed by atoms with Crippen LogP contribution in [0.5, 0.6) is 0 Å². The van der Waals surface area contributed by atoms with Crippen LogP contribution in [-0.2, 0) is 19.1 Å². The second-order valence-corrected chi connectivity index (χ2v) is 7.78. The van der Waals surface area contributed by atoms with Crippen LogP contribution in [0.15, 0.2) is 24.3 Å². The van der Waals surface area contributed by atoms with Crippen molar-refractivity contribution in [2.24, 2.45) is 11.8 Å². The molecule has 2 unspecified atom stereocenters. The number of cyclic esters (lactones) is 2. The molecule has 0 radical (unpaired) electrons. The summed E-state index contributed by atoms with van der Waals surface area (Å²) in [6.07, 6.45) is 21.0. The number of esters is 2. The van der Waals surface area contributed by atoms with E-state index >= 15 is 0 Å². The maximum absolute atomic E-state index is 11.9. The molecule has 1 heterocycles. The maximum Gasteiger partial charge on any atom is 0.317 e. The molecule has 4 heteroatoms. The lowest BCUT2D eigenvalue weighted by molar-refractivity contribution is -0.153. The molecule has 158 valence electrons. The van der Waals surface area contributed by atoms with Crippen molar-refractivity contribution in [1.82, 2.24) is 0 Å². The molecule has 0 saturated carbocycles. The molecule has 0 aromatic rings. The quantitative estimate of drug-likeness (QED) is 0.138.